The van der Waals surface area contributed by atoms with Crippen molar-refractivity contribution in [3.8, 4) is 0 Å². The molecule has 2 saturated heterocycles. The lowest BCUT2D eigenvalue weighted by molar-refractivity contribution is -0.144. The second-order valence-corrected chi connectivity index (χ2v) is 8.80. The number of hydrogen-bond donors (Lipinski definition) is 1. The number of fused-ring (bicyclic) bond motifs is 1. The Bertz CT molecular complexity index is 1070. The molecule has 160 valence electrons. The maximum Gasteiger partial charge on any atom is 0.245 e. The molecule has 2 fully saturated rings. The third-order valence-electron chi connectivity index (χ3n) is 6.92. The van der Waals surface area contributed by atoms with Crippen LogP contribution in [0.1, 0.15) is 42.7 Å². The predicted molar refractivity (Wildman–Crippen MR) is 122 cm³/mol. The Balaban J connectivity index is 1.22. The van der Waals surface area contributed by atoms with E-state index < -0.39 is 0 Å². The second kappa shape index (κ2) is 8.58. The van der Waals surface area contributed by atoms with E-state index in [1.807, 2.05) is 40.1 Å². The van der Waals surface area contributed by atoms with Crippen molar-refractivity contribution in [1.29, 1.82) is 0 Å². The minimum atomic E-state index is -0.291. The summed E-state index contributed by atoms with van der Waals surface area (Å²) in [6, 6.07) is 17.9. The third-order valence-corrected chi connectivity index (χ3v) is 6.92. The molecule has 3 heterocycles. The van der Waals surface area contributed by atoms with Gasteiger partial charge in [0.25, 0.3) is 0 Å². The average molecular weight is 416 g/mol. The Kier molecular flexibility index (Phi) is 5.49. The zero-order valence-electron chi connectivity index (χ0n) is 17.8. The van der Waals surface area contributed by atoms with Crippen LogP contribution in [0.5, 0.6) is 0 Å². The molecule has 1 unspecified atom stereocenters. The van der Waals surface area contributed by atoms with Crippen molar-refractivity contribution in [2.75, 3.05) is 19.6 Å². The first-order chi connectivity index (χ1) is 15.2. The SMILES string of the molecule is O=C(C1CCCN1C(=O)Cc1ccccc1)N1CCC(c2c[nH]c3ccccc23)CC1. The summed E-state index contributed by atoms with van der Waals surface area (Å²) in [5.74, 6) is 0.673. The molecule has 0 bridgehead atoms. The first-order valence-electron chi connectivity index (χ1n) is 11.4. The molecule has 2 amide bonds. The fourth-order valence-electron chi connectivity index (χ4n) is 5.25. The Morgan fingerprint density at radius 2 is 1.65 bits per heavy atom. The number of rotatable bonds is 4. The molecule has 2 aliphatic heterocycles. The first-order valence-corrected chi connectivity index (χ1v) is 11.4. The lowest BCUT2D eigenvalue weighted by Crippen LogP contribution is -2.50. The third kappa shape index (κ3) is 3.97. The van der Waals surface area contributed by atoms with Crippen LogP contribution in [0.3, 0.4) is 0 Å². The highest BCUT2D eigenvalue weighted by Crippen LogP contribution is 2.34. The summed E-state index contributed by atoms with van der Waals surface area (Å²) in [5.41, 5.74) is 3.54. The molecule has 1 N–H and O–H groups in total. The van der Waals surface area contributed by atoms with E-state index in [0.29, 0.717) is 18.9 Å². The smallest absolute Gasteiger partial charge is 0.245 e. The highest BCUT2D eigenvalue weighted by atomic mass is 16.2. The highest BCUT2D eigenvalue weighted by Gasteiger charge is 2.37. The van der Waals surface area contributed by atoms with E-state index in [9.17, 15) is 9.59 Å². The van der Waals surface area contributed by atoms with Gasteiger partial charge < -0.3 is 14.8 Å². The summed E-state index contributed by atoms with van der Waals surface area (Å²) >= 11 is 0. The number of benzene rings is 2. The Morgan fingerprint density at radius 1 is 0.903 bits per heavy atom. The number of H-pyrrole nitrogens is 1. The average Bonchev–Trinajstić information content (AvgIpc) is 3.47. The van der Waals surface area contributed by atoms with E-state index in [1.54, 1.807) is 0 Å². The van der Waals surface area contributed by atoms with E-state index in [-0.39, 0.29) is 17.9 Å². The van der Waals surface area contributed by atoms with Gasteiger partial charge in [0.1, 0.15) is 6.04 Å². The molecule has 0 saturated carbocycles. The zero-order valence-corrected chi connectivity index (χ0v) is 17.8. The molecule has 31 heavy (non-hydrogen) atoms. The summed E-state index contributed by atoms with van der Waals surface area (Å²) in [5, 5.41) is 1.29. The number of hydrogen-bond acceptors (Lipinski definition) is 2. The van der Waals surface area contributed by atoms with Gasteiger partial charge in [-0.3, -0.25) is 9.59 Å². The largest absolute Gasteiger partial charge is 0.361 e. The zero-order chi connectivity index (χ0) is 21.2. The van der Waals surface area contributed by atoms with Gasteiger partial charge in [-0.05, 0) is 48.8 Å². The van der Waals surface area contributed by atoms with Crippen LogP contribution in [-0.4, -0.2) is 52.3 Å². The van der Waals surface area contributed by atoms with E-state index in [1.165, 1.54) is 16.5 Å². The number of aromatic nitrogens is 1. The number of likely N-dealkylation sites (tertiary alicyclic amines) is 2. The first kappa shape index (κ1) is 19.9. The molecule has 5 nitrogen and oxygen atoms in total. The Labute approximate surface area is 183 Å². The molecular weight excluding hydrogens is 386 g/mol. The Hall–Kier alpha value is -3.08. The maximum atomic E-state index is 13.3. The topological polar surface area (TPSA) is 56.4 Å². The molecule has 1 atom stereocenters. The van der Waals surface area contributed by atoms with Crippen LogP contribution in [0, 0.1) is 0 Å². The quantitative estimate of drug-likeness (QED) is 0.697. The predicted octanol–water partition coefficient (Wildman–Crippen LogP) is 4.11. The lowest BCUT2D eigenvalue weighted by Gasteiger charge is -2.35. The van der Waals surface area contributed by atoms with Crippen molar-refractivity contribution in [2.24, 2.45) is 0 Å². The van der Waals surface area contributed by atoms with Gasteiger partial charge in [0.15, 0.2) is 0 Å². The Morgan fingerprint density at radius 3 is 2.45 bits per heavy atom. The summed E-state index contributed by atoms with van der Waals surface area (Å²) in [7, 11) is 0. The molecule has 1 aromatic heterocycles. The second-order valence-electron chi connectivity index (χ2n) is 8.80. The van der Waals surface area contributed by atoms with Gasteiger partial charge in [-0.1, -0.05) is 48.5 Å². The van der Waals surface area contributed by atoms with E-state index in [0.717, 1.165) is 44.3 Å². The number of para-hydroxylation sites is 1. The summed E-state index contributed by atoms with van der Waals surface area (Å²) in [4.78, 5) is 33.4. The van der Waals surface area contributed by atoms with Gasteiger partial charge >= 0.3 is 0 Å². The number of piperidine rings is 1. The van der Waals surface area contributed by atoms with Crippen LogP contribution >= 0.6 is 0 Å². The number of aromatic amines is 1. The molecule has 0 spiro atoms. The standard InChI is InChI=1S/C26H29N3O2/c30-25(17-19-7-2-1-3-8-19)29-14-6-11-24(29)26(31)28-15-12-20(13-16-28)22-18-27-23-10-5-4-9-21(22)23/h1-5,7-10,18,20,24,27H,6,11-17H2. The molecule has 0 radical (unpaired) electrons. The fourth-order valence-corrected chi connectivity index (χ4v) is 5.25. The number of nitrogens with one attached hydrogen (secondary N) is 1. The number of carbonyl (C=O) groups excluding carboxylic acids is 2. The number of amides is 2. The van der Waals surface area contributed by atoms with Crippen molar-refractivity contribution in [3.05, 3.63) is 71.9 Å². The minimum Gasteiger partial charge on any atom is -0.361 e. The van der Waals surface area contributed by atoms with Crippen LogP contribution in [0.25, 0.3) is 10.9 Å². The van der Waals surface area contributed by atoms with Gasteiger partial charge in [0, 0.05) is 36.7 Å². The molecule has 3 aromatic rings. The van der Waals surface area contributed by atoms with Gasteiger partial charge in [-0.15, -0.1) is 0 Å². The van der Waals surface area contributed by atoms with Crippen LogP contribution in [-0.2, 0) is 16.0 Å². The van der Waals surface area contributed by atoms with Gasteiger partial charge in [-0.2, -0.15) is 0 Å². The highest BCUT2D eigenvalue weighted by molar-refractivity contribution is 5.89. The van der Waals surface area contributed by atoms with Crippen LogP contribution < -0.4 is 0 Å². The molecule has 5 rings (SSSR count). The van der Waals surface area contributed by atoms with Crippen molar-refractivity contribution < 1.29 is 9.59 Å². The number of nitrogens with zero attached hydrogens (tertiary/aromatic N) is 2. The monoisotopic (exact) mass is 415 g/mol. The molecule has 2 aliphatic rings. The van der Waals surface area contributed by atoms with E-state index in [2.05, 4.69) is 35.4 Å². The van der Waals surface area contributed by atoms with Crippen molar-refractivity contribution in [3.63, 3.8) is 0 Å². The fraction of sp³-hybridized carbons (Fsp3) is 0.385. The summed E-state index contributed by atoms with van der Waals surface area (Å²) in [6.07, 6.45) is 6.13. The molecular formula is C26H29N3O2. The summed E-state index contributed by atoms with van der Waals surface area (Å²) in [6.45, 7) is 2.22. The van der Waals surface area contributed by atoms with Crippen molar-refractivity contribution in [1.82, 2.24) is 14.8 Å². The normalized spacial score (nSPS) is 19.8. The van der Waals surface area contributed by atoms with Gasteiger partial charge in [-0.25, -0.2) is 0 Å². The maximum absolute atomic E-state index is 13.3. The van der Waals surface area contributed by atoms with Crippen LogP contribution in [0.15, 0.2) is 60.8 Å². The van der Waals surface area contributed by atoms with Crippen molar-refractivity contribution >= 4 is 22.7 Å². The minimum absolute atomic E-state index is 0.0655. The molecule has 0 aliphatic carbocycles. The van der Waals surface area contributed by atoms with Crippen molar-refractivity contribution in [2.45, 2.75) is 44.1 Å². The van der Waals surface area contributed by atoms with Gasteiger partial charge in [0.05, 0.1) is 6.42 Å². The molecule has 5 heteroatoms. The van der Waals surface area contributed by atoms with E-state index >= 15 is 0 Å². The van der Waals surface area contributed by atoms with Gasteiger partial charge in [0.2, 0.25) is 11.8 Å². The summed E-state index contributed by atoms with van der Waals surface area (Å²) < 4.78 is 0. The van der Waals surface area contributed by atoms with Crippen LogP contribution in [0.4, 0.5) is 0 Å². The van der Waals surface area contributed by atoms with Crippen LogP contribution in [0.2, 0.25) is 0 Å². The molecule has 2 aromatic carbocycles. The van der Waals surface area contributed by atoms with E-state index in [4.69, 9.17) is 0 Å². The number of carbonyl (C=O) groups is 2. The lowest BCUT2D eigenvalue weighted by atomic mass is 9.89.